The number of aromatic nitrogens is 4. The van der Waals surface area contributed by atoms with E-state index in [0.717, 1.165) is 25.9 Å². The van der Waals surface area contributed by atoms with Crippen molar-refractivity contribution in [2.24, 2.45) is 13.0 Å². The SMILES string of the molecule is Cn1ncc2c(=O)[nH]c(CN3CCC(CO)CC3)nc21. The highest BCUT2D eigenvalue weighted by Crippen LogP contribution is 2.17. The third kappa shape index (κ3) is 2.46. The summed E-state index contributed by atoms with van der Waals surface area (Å²) < 4.78 is 1.62. The van der Waals surface area contributed by atoms with Gasteiger partial charge < -0.3 is 10.1 Å². The second-order valence-electron chi connectivity index (χ2n) is 5.42. The van der Waals surface area contributed by atoms with Crippen molar-refractivity contribution in [1.29, 1.82) is 0 Å². The smallest absolute Gasteiger partial charge is 0.262 e. The van der Waals surface area contributed by atoms with Crippen LogP contribution in [-0.4, -0.2) is 49.5 Å². The first-order valence-corrected chi connectivity index (χ1v) is 6.91. The summed E-state index contributed by atoms with van der Waals surface area (Å²) in [6.07, 6.45) is 3.53. The quantitative estimate of drug-likeness (QED) is 0.815. The van der Waals surface area contributed by atoms with Crippen molar-refractivity contribution in [3.05, 3.63) is 22.4 Å². The van der Waals surface area contributed by atoms with Crippen LogP contribution in [0.15, 0.2) is 11.0 Å². The molecule has 2 N–H and O–H groups in total. The molecule has 0 spiro atoms. The number of aliphatic hydroxyl groups excluding tert-OH is 1. The molecule has 7 nitrogen and oxygen atoms in total. The van der Waals surface area contributed by atoms with E-state index in [2.05, 4.69) is 20.0 Å². The fraction of sp³-hybridized carbons (Fsp3) is 0.615. The first kappa shape index (κ1) is 13.3. The maximum absolute atomic E-state index is 12.0. The Labute approximate surface area is 116 Å². The van der Waals surface area contributed by atoms with Gasteiger partial charge in [0.2, 0.25) is 0 Å². The zero-order valence-electron chi connectivity index (χ0n) is 11.5. The van der Waals surface area contributed by atoms with E-state index in [1.54, 1.807) is 11.7 Å². The van der Waals surface area contributed by atoms with Crippen LogP contribution >= 0.6 is 0 Å². The number of H-pyrrole nitrogens is 1. The molecule has 0 amide bonds. The number of likely N-dealkylation sites (tertiary alicyclic amines) is 1. The lowest BCUT2D eigenvalue weighted by Crippen LogP contribution is -2.35. The Bertz CT molecular complexity index is 654. The van der Waals surface area contributed by atoms with Gasteiger partial charge in [-0.25, -0.2) is 4.98 Å². The van der Waals surface area contributed by atoms with Gasteiger partial charge in [-0.15, -0.1) is 0 Å². The predicted octanol–water partition coefficient (Wildman–Crippen LogP) is -0.139. The second kappa shape index (κ2) is 5.34. The van der Waals surface area contributed by atoms with Gasteiger partial charge in [-0.1, -0.05) is 0 Å². The summed E-state index contributed by atoms with van der Waals surface area (Å²) in [5.41, 5.74) is 0.484. The van der Waals surface area contributed by atoms with Crippen LogP contribution < -0.4 is 5.56 Å². The zero-order chi connectivity index (χ0) is 14.1. The van der Waals surface area contributed by atoms with Crippen molar-refractivity contribution < 1.29 is 5.11 Å². The first-order valence-electron chi connectivity index (χ1n) is 6.91. The van der Waals surface area contributed by atoms with Crippen LogP contribution in [0.25, 0.3) is 11.0 Å². The molecule has 1 fully saturated rings. The van der Waals surface area contributed by atoms with Crippen molar-refractivity contribution in [2.75, 3.05) is 19.7 Å². The maximum Gasteiger partial charge on any atom is 0.262 e. The summed E-state index contributed by atoms with van der Waals surface area (Å²) in [6, 6.07) is 0. The van der Waals surface area contributed by atoms with Crippen LogP contribution in [-0.2, 0) is 13.6 Å². The molecule has 0 bridgehead atoms. The molecular formula is C13H19N5O2. The Hall–Kier alpha value is -1.73. The van der Waals surface area contributed by atoms with Gasteiger partial charge in [-0.2, -0.15) is 5.10 Å². The fourth-order valence-electron chi connectivity index (χ4n) is 2.69. The largest absolute Gasteiger partial charge is 0.396 e. The number of piperidine rings is 1. The van der Waals surface area contributed by atoms with Crippen LogP contribution in [0.4, 0.5) is 0 Å². The van der Waals surface area contributed by atoms with Gasteiger partial charge in [0.1, 0.15) is 11.2 Å². The Morgan fingerprint density at radius 2 is 2.20 bits per heavy atom. The number of aryl methyl sites for hydroxylation is 1. The Morgan fingerprint density at radius 3 is 2.90 bits per heavy atom. The molecule has 1 saturated heterocycles. The van der Waals surface area contributed by atoms with Crippen molar-refractivity contribution in [3.63, 3.8) is 0 Å². The summed E-state index contributed by atoms with van der Waals surface area (Å²) in [6.45, 7) is 2.76. The molecule has 0 aromatic carbocycles. The van der Waals surface area contributed by atoms with Gasteiger partial charge in [0, 0.05) is 13.7 Å². The number of fused-ring (bicyclic) bond motifs is 1. The van der Waals surface area contributed by atoms with Gasteiger partial charge in [0.15, 0.2) is 5.65 Å². The molecule has 108 valence electrons. The number of nitrogens with zero attached hydrogens (tertiary/aromatic N) is 4. The molecule has 1 aliphatic heterocycles. The van der Waals surface area contributed by atoms with E-state index >= 15 is 0 Å². The highest BCUT2D eigenvalue weighted by molar-refractivity contribution is 5.72. The number of hydrogen-bond acceptors (Lipinski definition) is 5. The molecule has 0 aliphatic carbocycles. The molecule has 3 rings (SSSR count). The third-order valence-corrected chi connectivity index (χ3v) is 3.99. The summed E-state index contributed by atoms with van der Waals surface area (Å²) in [5, 5.41) is 13.7. The average molecular weight is 277 g/mol. The lowest BCUT2D eigenvalue weighted by atomic mass is 9.98. The monoisotopic (exact) mass is 277 g/mol. The fourth-order valence-corrected chi connectivity index (χ4v) is 2.69. The summed E-state index contributed by atoms with van der Waals surface area (Å²) in [7, 11) is 1.78. The van der Waals surface area contributed by atoms with E-state index in [-0.39, 0.29) is 12.2 Å². The van der Waals surface area contributed by atoms with Crippen molar-refractivity contribution in [3.8, 4) is 0 Å². The minimum Gasteiger partial charge on any atom is -0.396 e. The van der Waals surface area contributed by atoms with E-state index in [9.17, 15) is 4.79 Å². The summed E-state index contributed by atoms with van der Waals surface area (Å²) in [4.78, 5) is 21.5. The minimum atomic E-state index is -0.136. The molecule has 1 aliphatic rings. The Morgan fingerprint density at radius 1 is 1.45 bits per heavy atom. The van der Waals surface area contributed by atoms with E-state index in [1.807, 2.05) is 0 Å². The number of hydrogen-bond donors (Lipinski definition) is 2. The second-order valence-corrected chi connectivity index (χ2v) is 5.42. The van der Waals surface area contributed by atoms with Crippen LogP contribution in [0.5, 0.6) is 0 Å². The van der Waals surface area contributed by atoms with Crippen molar-refractivity contribution in [1.82, 2.24) is 24.6 Å². The molecule has 0 atom stereocenters. The third-order valence-electron chi connectivity index (χ3n) is 3.99. The van der Waals surface area contributed by atoms with Gasteiger partial charge in [-0.3, -0.25) is 14.4 Å². The van der Waals surface area contributed by atoms with Crippen LogP contribution in [0.1, 0.15) is 18.7 Å². The van der Waals surface area contributed by atoms with E-state index in [1.165, 1.54) is 6.20 Å². The van der Waals surface area contributed by atoms with Gasteiger partial charge in [0.05, 0.1) is 12.7 Å². The van der Waals surface area contributed by atoms with E-state index < -0.39 is 0 Å². The minimum absolute atomic E-state index is 0.136. The normalized spacial score (nSPS) is 17.9. The van der Waals surface area contributed by atoms with Crippen LogP contribution in [0, 0.1) is 5.92 Å². The topological polar surface area (TPSA) is 87.0 Å². The molecule has 20 heavy (non-hydrogen) atoms. The van der Waals surface area contributed by atoms with Crippen molar-refractivity contribution in [2.45, 2.75) is 19.4 Å². The van der Waals surface area contributed by atoms with Crippen molar-refractivity contribution >= 4 is 11.0 Å². The van der Waals surface area contributed by atoms with Crippen LogP contribution in [0.2, 0.25) is 0 Å². The molecule has 0 saturated carbocycles. The summed E-state index contributed by atoms with van der Waals surface area (Å²) in [5.74, 6) is 1.09. The predicted molar refractivity (Wildman–Crippen MR) is 74.2 cm³/mol. The van der Waals surface area contributed by atoms with Gasteiger partial charge in [0.25, 0.3) is 5.56 Å². The molecule has 0 radical (unpaired) electrons. The highest BCUT2D eigenvalue weighted by Gasteiger charge is 2.19. The molecule has 2 aromatic heterocycles. The number of aliphatic hydroxyl groups is 1. The van der Waals surface area contributed by atoms with Crippen LogP contribution in [0.3, 0.4) is 0 Å². The first-order chi connectivity index (χ1) is 9.67. The number of aromatic amines is 1. The van der Waals surface area contributed by atoms with E-state index in [0.29, 0.717) is 29.3 Å². The molecule has 0 unspecified atom stereocenters. The maximum atomic E-state index is 12.0. The lowest BCUT2D eigenvalue weighted by molar-refractivity contribution is 0.125. The lowest BCUT2D eigenvalue weighted by Gasteiger charge is -2.30. The highest BCUT2D eigenvalue weighted by atomic mass is 16.3. The number of rotatable bonds is 3. The molecule has 2 aromatic rings. The van der Waals surface area contributed by atoms with E-state index in [4.69, 9.17) is 5.11 Å². The molecule has 7 heteroatoms. The Balaban J connectivity index is 1.78. The zero-order valence-corrected chi connectivity index (χ0v) is 11.5. The molecule has 3 heterocycles. The Kier molecular flexibility index (Phi) is 3.54. The number of nitrogens with one attached hydrogen (secondary N) is 1. The molecular weight excluding hydrogens is 258 g/mol. The van der Waals surface area contributed by atoms with Gasteiger partial charge >= 0.3 is 0 Å². The summed E-state index contributed by atoms with van der Waals surface area (Å²) >= 11 is 0. The standard InChI is InChI=1S/C13H19N5O2/c1-17-12-10(6-14-17)13(20)16-11(15-12)7-18-4-2-9(8-19)3-5-18/h6,9,19H,2-5,7-8H2,1H3,(H,15,16,20). The average Bonchev–Trinajstić information content (AvgIpc) is 2.82. The van der Waals surface area contributed by atoms with Gasteiger partial charge in [-0.05, 0) is 31.8 Å².